The first-order valence-corrected chi connectivity index (χ1v) is 11.4. The van der Waals surface area contributed by atoms with Crippen molar-refractivity contribution >= 4 is 29.1 Å². The minimum absolute atomic E-state index is 0.148. The van der Waals surface area contributed by atoms with Gasteiger partial charge in [-0.3, -0.25) is 0 Å². The molecule has 2 aromatic carbocycles. The second-order valence-corrected chi connectivity index (χ2v) is 8.90. The molecule has 1 aliphatic rings. The number of aromatic nitrogens is 4. The Balaban J connectivity index is 1.51. The second kappa shape index (κ2) is 9.14. The zero-order chi connectivity index (χ0) is 24.7. The predicted octanol–water partition coefficient (Wildman–Crippen LogP) is 5.49. The van der Waals surface area contributed by atoms with E-state index in [0.29, 0.717) is 22.4 Å². The normalized spacial score (nSPS) is 14.6. The second-order valence-electron chi connectivity index (χ2n) is 8.51. The van der Waals surface area contributed by atoms with Gasteiger partial charge in [0.25, 0.3) is 0 Å². The van der Waals surface area contributed by atoms with Crippen LogP contribution in [0.15, 0.2) is 48.9 Å². The van der Waals surface area contributed by atoms with Gasteiger partial charge in [0, 0.05) is 43.5 Å². The quantitative estimate of drug-likeness (QED) is 0.381. The van der Waals surface area contributed by atoms with Gasteiger partial charge in [-0.05, 0) is 42.7 Å². The van der Waals surface area contributed by atoms with Crippen molar-refractivity contribution in [1.29, 1.82) is 0 Å². The lowest BCUT2D eigenvalue weighted by molar-refractivity contribution is 0.413. The minimum Gasteiger partial charge on any atom is -0.494 e. The highest BCUT2D eigenvalue weighted by Crippen LogP contribution is 2.41. The van der Waals surface area contributed by atoms with Gasteiger partial charge < -0.3 is 19.5 Å². The number of halogens is 3. The van der Waals surface area contributed by atoms with Crippen LogP contribution >= 0.6 is 11.6 Å². The van der Waals surface area contributed by atoms with Crippen LogP contribution in [0.1, 0.15) is 29.2 Å². The smallest absolute Gasteiger partial charge is 0.229 e. The van der Waals surface area contributed by atoms with Crippen molar-refractivity contribution in [1.82, 2.24) is 19.5 Å². The van der Waals surface area contributed by atoms with Crippen molar-refractivity contribution < 1.29 is 13.5 Å². The summed E-state index contributed by atoms with van der Waals surface area (Å²) in [4.78, 5) is 15.5. The Bertz CT molecular complexity index is 1410. The number of nitrogens with zero attached hydrogens (tertiary/aromatic N) is 5. The largest absolute Gasteiger partial charge is 0.494 e. The van der Waals surface area contributed by atoms with Gasteiger partial charge in [0.15, 0.2) is 11.6 Å². The fourth-order valence-corrected chi connectivity index (χ4v) is 4.60. The highest BCUT2D eigenvalue weighted by atomic mass is 35.5. The third-order valence-electron chi connectivity index (χ3n) is 6.07. The number of benzene rings is 2. The van der Waals surface area contributed by atoms with Crippen LogP contribution in [0.4, 0.5) is 26.2 Å². The van der Waals surface area contributed by atoms with Crippen molar-refractivity contribution in [2.45, 2.75) is 18.8 Å². The molecule has 0 bridgehead atoms. The van der Waals surface area contributed by atoms with Crippen molar-refractivity contribution in [3.05, 3.63) is 82.5 Å². The molecule has 0 spiro atoms. The first-order valence-electron chi connectivity index (χ1n) is 11.0. The SMILES string of the molecule is COc1cc(Nc2nc3c(c(N(C)C)n2)CC[C@H]3c2ccc(F)c(F)c2)ccc1-n1cnc(Cl)c1. The summed E-state index contributed by atoms with van der Waals surface area (Å²) in [5.74, 6) is -0.0616. The van der Waals surface area contributed by atoms with E-state index in [0.717, 1.165) is 47.4 Å². The molecule has 7 nitrogen and oxygen atoms in total. The molecule has 2 aromatic heterocycles. The molecule has 180 valence electrons. The van der Waals surface area contributed by atoms with E-state index in [9.17, 15) is 8.78 Å². The molecular weight excluding hydrogens is 474 g/mol. The number of nitrogens with one attached hydrogen (secondary N) is 1. The molecular formula is C25H23ClF2N6O. The van der Waals surface area contributed by atoms with Gasteiger partial charge in [0.05, 0.1) is 18.5 Å². The Hall–Kier alpha value is -3.72. The number of ether oxygens (including phenoxy) is 1. The van der Waals surface area contributed by atoms with E-state index < -0.39 is 11.6 Å². The molecule has 2 heterocycles. The van der Waals surface area contributed by atoms with Crippen LogP contribution in [0.3, 0.4) is 0 Å². The molecule has 0 radical (unpaired) electrons. The van der Waals surface area contributed by atoms with E-state index in [1.54, 1.807) is 30.3 Å². The van der Waals surface area contributed by atoms with Crippen LogP contribution in [-0.2, 0) is 6.42 Å². The van der Waals surface area contributed by atoms with Gasteiger partial charge in [0.1, 0.15) is 23.0 Å². The Morgan fingerprint density at radius 2 is 1.94 bits per heavy atom. The number of hydrogen-bond donors (Lipinski definition) is 1. The topological polar surface area (TPSA) is 68.1 Å². The Kier molecular flexibility index (Phi) is 6.02. The summed E-state index contributed by atoms with van der Waals surface area (Å²) in [7, 11) is 5.43. The van der Waals surface area contributed by atoms with Crippen molar-refractivity contribution in [3.63, 3.8) is 0 Å². The number of anilines is 3. The van der Waals surface area contributed by atoms with Crippen molar-refractivity contribution in [3.8, 4) is 11.4 Å². The van der Waals surface area contributed by atoms with E-state index in [1.807, 2.05) is 37.2 Å². The molecule has 1 aliphatic carbocycles. The average Bonchev–Trinajstić information content (AvgIpc) is 3.46. The van der Waals surface area contributed by atoms with E-state index in [4.69, 9.17) is 26.3 Å². The van der Waals surface area contributed by atoms with Crippen molar-refractivity contribution in [2.24, 2.45) is 0 Å². The summed E-state index contributed by atoms with van der Waals surface area (Å²) in [5.41, 5.74) is 4.03. The fraction of sp³-hybridized carbons (Fsp3) is 0.240. The van der Waals surface area contributed by atoms with Gasteiger partial charge >= 0.3 is 0 Å². The molecule has 35 heavy (non-hydrogen) atoms. The van der Waals surface area contributed by atoms with Gasteiger partial charge in [-0.25, -0.2) is 18.7 Å². The third kappa shape index (κ3) is 4.39. The summed E-state index contributed by atoms with van der Waals surface area (Å²) < 4.78 is 34.8. The average molecular weight is 497 g/mol. The molecule has 0 aliphatic heterocycles. The monoisotopic (exact) mass is 496 g/mol. The third-order valence-corrected chi connectivity index (χ3v) is 6.26. The fourth-order valence-electron chi connectivity index (χ4n) is 4.45. The molecule has 1 atom stereocenters. The van der Waals surface area contributed by atoms with Crippen LogP contribution in [0.25, 0.3) is 5.69 Å². The first-order chi connectivity index (χ1) is 16.8. The van der Waals surface area contributed by atoms with Crippen LogP contribution in [0, 0.1) is 11.6 Å². The minimum atomic E-state index is -0.860. The van der Waals surface area contributed by atoms with Gasteiger partial charge in [-0.1, -0.05) is 17.7 Å². The standard InChI is InChI=1S/C25H23ClF2N6O/c1-33(2)24-17-7-6-16(14-4-8-18(27)19(28)10-14)23(17)31-25(32-24)30-15-5-9-20(21(11-15)35-3)34-12-22(26)29-13-34/h4-5,8-13,16H,6-7H2,1-3H3,(H,30,31,32)/t16-/m0/s1. The van der Waals surface area contributed by atoms with E-state index in [2.05, 4.69) is 10.3 Å². The Morgan fingerprint density at radius 1 is 1.11 bits per heavy atom. The van der Waals surface area contributed by atoms with Crippen LogP contribution in [0.2, 0.25) is 5.15 Å². The van der Waals surface area contributed by atoms with E-state index >= 15 is 0 Å². The van der Waals surface area contributed by atoms with Crippen LogP contribution < -0.4 is 15.0 Å². The maximum atomic E-state index is 14.0. The molecule has 4 aromatic rings. The van der Waals surface area contributed by atoms with Crippen LogP contribution in [-0.4, -0.2) is 40.7 Å². The predicted molar refractivity (Wildman–Crippen MR) is 131 cm³/mol. The summed E-state index contributed by atoms with van der Waals surface area (Å²) in [6, 6.07) is 9.63. The molecule has 0 amide bonds. The molecule has 10 heteroatoms. The van der Waals surface area contributed by atoms with E-state index in [1.165, 1.54) is 6.07 Å². The first kappa shape index (κ1) is 23.0. The zero-order valence-corrected chi connectivity index (χ0v) is 20.1. The van der Waals surface area contributed by atoms with Gasteiger partial charge in [0.2, 0.25) is 5.95 Å². The lowest BCUT2D eigenvalue weighted by Crippen LogP contribution is -2.16. The Morgan fingerprint density at radius 3 is 2.63 bits per heavy atom. The molecule has 0 unspecified atom stereocenters. The maximum Gasteiger partial charge on any atom is 0.229 e. The number of hydrogen-bond acceptors (Lipinski definition) is 6. The van der Waals surface area contributed by atoms with E-state index in [-0.39, 0.29) is 5.92 Å². The lowest BCUT2D eigenvalue weighted by atomic mass is 9.96. The Labute approximate surface area is 206 Å². The summed E-state index contributed by atoms with van der Waals surface area (Å²) in [5, 5.41) is 3.65. The number of methoxy groups -OCH3 is 1. The molecule has 5 rings (SSSR count). The van der Waals surface area contributed by atoms with Crippen molar-refractivity contribution in [2.75, 3.05) is 31.4 Å². The molecule has 1 N–H and O–H groups in total. The number of fused-ring (bicyclic) bond motifs is 1. The number of imidazole rings is 1. The van der Waals surface area contributed by atoms with Gasteiger partial charge in [-0.2, -0.15) is 4.98 Å². The molecule has 0 saturated carbocycles. The summed E-state index contributed by atoms with van der Waals surface area (Å²) >= 11 is 5.96. The molecule has 0 saturated heterocycles. The van der Waals surface area contributed by atoms with Gasteiger partial charge in [-0.15, -0.1) is 0 Å². The number of rotatable bonds is 6. The zero-order valence-electron chi connectivity index (χ0n) is 19.4. The molecule has 0 fully saturated rings. The highest BCUT2D eigenvalue weighted by Gasteiger charge is 2.30. The summed E-state index contributed by atoms with van der Waals surface area (Å²) in [6.07, 6.45) is 4.80. The highest BCUT2D eigenvalue weighted by molar-refractivity contribution is 6.29. The lowest BCUT2D eigenvalue weighted by Gasteiger charge is -2.19. The van der Waals surface area contributed by atoms with Crippen LogP contribution in [0.5, 0.6) is 5.75 Å². The maximum absolute atomic E-state index is 14.0. The summed E-state index contributed by atoms with van der Waals surface area (Å²) in [6.45, 7) is 0.